The quantitative estimate of drug-likeness (QED) is 0.942. The highest BCUT2D eigenvalue weighted by atomic mass is 32.2. The highest BCUT2D eigenvalue weighted by Gasteiger charge is 2.32. The zero-order valence-corrected chi connectivity index (χ0v) is 12.4. The van der Waals surface area contributed by atoms with Crippen molar-refractivity contribution in [3.8, 4) is 5.75 Å². The predicted octanol–water partition coefficient (Wildman–Crippen LogP) is 3.57. The number of rotatable bonds is 3. The summed E-state index contributed by atoms with van der Waals surface area (Å²) in [4.78, 5) is 14.2. The largest absolute Gasteiger partial charge is 0.497 e. The summed E-state index contributed by atoms with van der Waals surface area (Å²) in [6.07, 6.45) is 1.63. The van der Waals surface area contributed by atoms with E-state index in [1.54, 1.807) is 30.0 Å². The number of nitrogens with one attached hydrogen (secondary N) is 1. The summed E-state index contributed by atoms with van der Waals surface area (Å²) >= 11 is 1.70. The van der Waals surface area contributed by atoms with Gasteiger partial charge in [-0.15, -0.1) is 11.8 Å². The first-order valence-electron chi connectivity index (χ1n) is 6.64. The number of nitrogens with zero attached hydrogens (tertiary/aromatic N) is 1. The average Bonchev–Trinajstić information content (AvgIpc) is 3.18. The summed E-state index contributed by atoms with van der Waals surface area (Å²) in [7, 11) is 1.61. The number of ether oxygens (including phenoxy) is 1. The molecule has 2 aromatic rings. The molecule has 0 bridgehead atoms. The summed E-state index contributed by atoms with van der Waals surface area (Å²) in [6, 6.07) is 10.9. The number of amides is 2. The zero-order valence-electron chi connectivity index (χ0n) is 11.6. The molecule has 5 nitrogen and oxygen atoms in total. The molecule has 1 aliphatic heterocycles. The van der Waals surface area contributed by atoms with Crippen LogP contribution in [0.4, 0.5) is 10.5 Å². The zero-order chi connectivity index (χ0) is 14.7. The van der Waals surface area contributed by atoms with Crippen molar-refractivity contribution in [1.29, 1.82) is 0 Å². The molecule has 1 aliphatic rings. The van der Waals surface area contributed by atoms with E-state index < -0.39 is 0 Å². The van der Waals surface area contributed by atoms with Gasteiger partial charge >= 0.3 is 6.03 Å². The Morgan fingerprint density at radius 3 is 2.86 bits per heavy atom. The van der Waals surface area contributed by atoms with Gasteiger partial charge in [0.1, 0.15) is 16.9 Å². The molecule has 1 N–H and O–H groups in total. The molecule has 0 radical (unpaired) electrons. The first-order chi connectivity index (χ1) is 10.3. The standard InChI is InChI=1S/C15H16N2O3S/c1-19-12-6-4-11(5-7-12)16-15(18)17-8-10-21-14(17)13-3-2-9-20-13/h2-7,9,14H,8,10H2,1H3,(H,16,18). The maximum atomic E-state index is 12.4. The Hall–Kier alpha value is -2.08. The van der Waals surface area contributed by atoms with Crippen LogP contribution in [0.2, 0.25) is 0 Å². The molecule has 1 fully saturated rings. The number of urea groups is 1. The number of thioether (sulfide) groups is 1. The molecule has 3 rings (SSSR count). The molecule has 1 saturated heterocycles. The molecular formula is C15H16N2O3S. The molecule has 1 unspecified atom stereocenters. The molecule has 6 heteroatoms. The molecule has 110 valence electrons. The first-order valence-corrected chi connectivity index (χ1v) is 7.69. The SMILES string of the molecule is COc1ccc(NC(=O)N2CCSC2c2ccco2)cc1. The number of furan rings is 1. The van der Waals surface area contributed by atoms with Gasteiger partial charge in [0.05, 0.1) is 13.4 Å². The minimum Gasteiger partial charge on any atom is -0.497 e. The molecular weight excluding hydrogens is 288 g/mol. The smallest absolute Gasteiger partial charge is 0.323 e. The Labute approximate surface area is 127 Å². The van der Waals surface area contributed by atoms with Gasteiger partial charge in [-0.2, -0.15) is 0 Å². The van der Waals surface area contributed by atoms with E-state index in [2.05, 4.69) is 5.32 Å². The number of carbonyl (C=O) groups excluding carboxylic acids is 1. The third-order valence-corrected chi connectivity index (χ3v) is 4.50. The molecule has 21 heavy (non-hydrogen) atoms. The first kappa shape index (κ1) is 13.9. The highest BCUT2D eigenvalue weighted by Crippen LogP contribution is 2.38. The van der Waals surface area contributed by atoms with Gasteiger partial charge in [0, 0.05) is 18.0 Å². The van der Waals surface area contributed by atoms with Gasteiger partial charge in [0.2, 0.25) is 0 Å². The lowest BCUT2D eigenvalue weighted by Crippen LogP contribution is -2.34. The molecule has 2 heterocycles. The minimum atomic E-state index is -0.119. The molecule has 0 saturated carbocycles. The Balaban J connectivity index is 1.69. The van der Waals surface area contributed by atoms with Crippen molar-refractivity contribution in [2.75, 3.05) is 24.7 Å². The number of anilines is 1. The van der Waals surface area contributed by atoms with Crippen LogP contribution in [-0.2, 0) is 0 Å². The van der Waals surface area contributed by atoms with E-state index in [9.17, 15) is 4.79 Å². The van der Waals surface area contributed by atoms with E-state index in [1.165, 1.54) is 0 Å². The second-order valence-electron chi connectivity index (χ2n) is 4.59. The third-order valence-electron chi connectivity index (χ3n) is 3.28. The van der Waals surface area contributed by atoms with Crippen LogP contribution >= 0.6 is 11.8 Å². The van der Waals surface area contributed by atoms with E-state index in [4.69, 9.17) is 9.15 Å². The second kappa shape index (κ2) is 6.13. The fourth-order valence-corrected chi connectivity index (χ4v) is 3.42. The van der Waals surface area contributed by atoms with Gasteiger partial charge in [-0.05, 0) is 36.4 Å². The predicted molar refractivity (Wildman–Crippen MR) is 82.6 cm³/mol. The lowest BCUT2D eigenvalue weighted by molar-refractivity contribution is 0.209. The van der Waals surface area contributed by atoms with Crippen LogP contribution in [0, 0.1) is 0 Å². The monoisotopic (exact) mass is 304 g/mol. The number of carbonyl (C=O) groups is 1. The van der Waals surface area contributed by atoms with E-state index in [1.807, 2.05) is 36.4 Å². The second-order valence-corrected chi connectivity index (χ2v) is 5.78. The Kier molecular flexibility index (Phi) is 4.06. The maximum Gasteiger partial charge on any atom is 0.323 e. The maximum absolute atomic E-state index is 12.4. The van der Waals surface area contributed by atoms with Crippen LogP contribution in [-0.4, -0.2) is 30.3 Å². The number of methoxy groups -OCH3 is 1. The summed E-state index contributed by atoms with van der Waals surface area (Å²) in [5, 5.41) is 2.85. The van der Waals surface area contributed by atoms with Crippen LogP contribution in [0.1, 0.15) is 11.1 Å². The summed E-state index contributed by atoms with van der Waals surface area (Å²) < 4.78 is 10.5. The number of hydrogen-bond acceptors (Lipinski definition) is 4. The van der Waals surface area contributed by atoms with Crippen molar-refractivity contribution in [2.45, 2.75) is 5.37 Å². The Bertz CT molecular complexity index is 598. The fourth-order valence-electron chi connectivity index (χ4n) is 2.22. The van der Waals surface area contributed by atoms with Crippen LogP contribution < -0.4 is 10.1 Å². The fraction of sp³-hybridized carbons (Fsp3) is 0.267. The van der Waals surface area contributed by atoms with Crippen molar-refractivity contribution in [3.63, 3.8) is 0 Å². The molecule has 0 aliphatic carbocycles. The van der Waals surface area contributed by atoms with Crippen LogP contribution in [0.5, 0.6) is 5.75 Å². The van der Waals surface area contributed by atoms with Crippen molar-refractivity contribution in [2.24, 2.45) is 0 Å². The molecule has 1 aromatic carbocycles. The van der Waals surface area contributed by atoms with Crippen molar-refractivity contribution in [3.05, 3.63) is 48.4 Å². The highest BCUT2D eigenvalue weighted by molar-refractivity contribution is 7.99. The van der Waals surface area contributed by atoms with Crippen LogP contribution in [0.15, 0.2) is 47.1 Å². The third kappa shape index (κ3) is 3.00. The summed E-state index contributed by atoms with van der Waals surface area (Å²) in [6.45, 7) is 0.706. The number of benzene rings is 1. The van der Waals surface area contributed by atoms with Gasteiger partial charge in [-0.3, -0.25) is 0 Å². The van der Waals surface area contributed by atoms with E-state index >= 15 is 0 Å². The van der Waals surface area contributed by atoms with E-state index in [-0.39, 0.29) is 11.4 Å². The summed E-state index contributed by atoms with van der Waals surface area (Å²) in [5.41, 5.74) is 0.746. The normalized spacial score (nSPS) is 17.8. The molecule has 0 spiro atoms. The molecule has 2 amide bonds. The van der Waals surface area contributed by atoms with Crippen molar-refractivity contribution >= 4 is 23.5 Å². The van der Waals surface area contributed by atoms with Gasteiger partial charge in [0.25, 0.3) is 0 Å². The number of hydrogen-bond donors (Lipinski definition) is 1. The topological polar surface area (TPSA) is 54.7 Å². The Morgan fingerprint density at radius 1 is 1.38 bits per heavy atom. The summed E-state index contributed by atoms with van der Waals surface area (Å²) in [5.74, 6) is 2.47. The lowest BCUT2D eigenvalue weighted by atomic mass is 10.3. The average molecular weight is 304 g/mol. The van der Waals surface area contributed by atoms with E-state index in [0.717, 1.165) is 22.9 Å². The van der Waals surface area contributed by atoms with Gasteiger partial charge < -0.3 is 19.4 Å². The van der Waals surface area contributed by atoms with E-state index in [0.29, 0.717) is 6.54 Å². The molecule has 1 atom stereocenters. The van der Waals surface area contributed by atoms with Crippen molar-refractivity contribution < 1.29 is 13.9 Å². The van der Waals surface area contributed by atoms with Crippen molar-refractivity contribution in [1.82, 2.24) is 4.90 Å². The minimum absolute atomic E-state index is 0.0572. The van der Waals surface area contributed by atoms with Crippen LogP contribution in [0.3, 0.4) is 0 Å². The van der Waals surface area contributed by atoms with Gasteiger partial charge in [0.15, 0.2) is 0 Å². The van der Waals surface area contributed by atoms with Gasteiger partial charge in [-0.25, -0.2) is 4.79 Å². The lowest BCUT2D eigenvalue weighted by Gasteiger charge is -2.22. The van der Waals surface area contributed by atoms with Crippen LogP contribution in [0.25, 0.3) is 0 Å². The molecule has 1 aromatic heterocycles. The van der Waals surface area contributed by atoms with Gasteiger partial charge in [-0.1, -0.05) is 0 Å². The Morgan fingerprint density at radius 2 is 2.19 bits per heavy atom.